The molecule has 0 bridgehead atoms. The quantitative estimate of drug-likeness (QED) is 0.878. The zero-order chi connectivity index (χ0) is 14.0. The van der Waals surface area contributed by atoms with E-state index in [0.29, 0.717) is 20.9 Å². The first-order chi connectivity index (χ1) is 9.04. The summed E-state index contributed by atoms with van der Waals surface area (Å²) in [6.07, 6.45) is 1.68. The average molecular weight is 327 g/mol. The van der Waals surface area contributed by atoms with Crippen molar-refractivity contribution in [2.24, 2.45) is 5.73 Å². The second-order valence-electron chi connectivity index (χ2n) is 4.05. The number of nitrogens with two attached hydrogens (primary N) is 1. The van der Waals surface area contributed by atoms with Crippen molar-refractivity contribution >= 4 is 32.8 Å². The number of hydrogen-bond donors (Lipinski definition) is 1. The van der Waals surface area contributed by atoms with Crippen LogP contribution in [0.5, 0.6) is 0 Å². The van der Waals surface area contributed by atoms with Crippen molar-refractivity contribution in [2.75, 3.05) is 7.11 Å². The number of pyridine rings is 1. The molecule has 0 aliphatic heterocycles. The van der Waals surface area contributed by atoms with Crippen LogP contribution in [0.15, 0.2) is 28.9 Å². The minimum atomic E-state index is -0.899. The fourth-order valence-electron chi connectivity index (χ4n) is 1.90. The standard InChI is InChI=1S/C13H12BrFN2O2/c1-19-13(18)11(16)5-8-7-3-2-4-17-12(7)9(14)6-10(8)15/h2-4,6,11H,5,16H2,1H3/t11-/m0/s1. The molecule has 0 unspecified atom stereocenters. The number of halogens is 2. The van der Waals surface area contributed by atoms with Gasteiger partial charge in [0.05, 0.1) is 12.6 Å². The molecule has 2 aromatic rings. The van der Waals surface area contributed by atoms with Crippen molar-refractivity contribution in [2.45, 2.75) is 12.5 Å². The minimum Gasteiger partial charge on any atom is -0.468 e. The van der Waals surface area contributed by atoms with E-state index in [-0.39, 0.29) is 6.42 Å². The largest absolute Gasteiger partial charge is 0.468 e. The van der Waals surface area contributed by atoms with E-state index < -0.39 is 17.8 Å². The Morgan fingerprint density at radius 2 is 2.37 bits per heavy atom. The van der Waals surface area contributed by atoms with Gasteiger partial charge in [0.15, 0.2) is 0 Å². The zero-order valence-corrected chi connectivity index (χ0v) is 11.8. The Labute approximate surface area is 117 Å². The molecule has 0 aliphatic rings. The lowest BCUT2D eigenvalue weighted by Crippen LogP contribution is -2.34. The normalized spacial score (nSPS) is 12.4. The first kappa shape index (κ1) is 13.9. The number of carbonyl (C=O) groups excluding carboxylic acids is 1. The molecule has 1 heterocycles. The molecule has 0 saturated heterocycles. The number of hydrogen-bond acceptors (Lipinski definition) is 4. The number of nitrogens with zero attached hydrogens (tertiary/aromatic N) is 1. The summed E-state index contributed by atoms with van der Waals surface area (Å²) in [7, 11) is 1.25. The number of methoxy groups -OCH3 is 1. The topological polar surface area (TPSA) is 65.2 Å². The van der Waals surface area contributed by atoms with Crippen molar-refractivity contribution in [1.82, 2.24) is 4.98 Å². The van der Waals surface area contributed by atoms with Crippen LogP contribution in [0.4, 0.5) is 4.39 Å². The molecule has 0 radical (unpaired) electrons. The van der Waals surface area contributed by atoms with E-state index >= 15 is 0 Å². The molecule has 0 aliphatic carbocycles. The van der Waals surface area contributed by atoms with Crippen LogP contribution in [0, 0.1) is 5.82 Å². The maximum absolute atomic E-state index is 14.0. The van der Waals surface area contributed by atoms with Crippen molar-refractivity contribution in [3.05, 3.63) is 40.2 Å². The first-order valence-corrected chi connectivity index (χ1v) is 6.39. The molecule has 2 rings (SSSR count). The SMILES string of the molecule is COC(=O)[C@@H](N)Cc1c(F)cc(Br)c2ncccc12. The van der Waals surface area contributed by atoms with E-state index in [1.165, 1.54) is 13.2 Å². The van der Waals surface area contributed by atoms with Gasteiger partial charge in [0.25, 0.3) is 0 Å². The number of carbonyl (C=O) groups is 1. The highest BCUT2D eigenvalue weighted by Crippen LogP contribution is 2.28. The van der Waals surface area contributed by atoms with Gasteiger partial charge in [-0.3, -0.25) is 9.78 Å². The summed E-state index contributed by atoms with van der Waals surface area (Å²) in [5.74, 6) is -0.994. The predicted molar refractivity (Wildman–Crippen MR) is 73.1 cm³/mol. The fourth-order valence-corrected chi connectivity index (χ4v) is 2.41. The highest BCUT2D eigenvalue weighted by Gasteiger charge is 2.19. The van der Waals surface area contributed by atoms with Gasteiger partial charge in [0.2, 0.25) is 0 Å². The van der Waals surface area contributed by atoms with Gasteiger partial charge < -0.3 is 10.5 Å². The van der Waals surface area contributed by atoms with Crippen LogP contribution in [-0.2, 0) is 16.0 Å². The number of rotatable bonds is 3. The average Bonchev–Trinajstić information content (AvgIpc) is 2.42. The van der Waals surface area contributed by atoms with Gasteiger partial charge in [0.1, 0.15) is 11.9 Å². The molecule has 2 N–H and O–H groups in total. The van der Waals surface area contributed by atoms with E-state index in [9.17, 15) is 9.18 Å². The van der Waals surface area contributed by atoms with Crippen LogP contribution >= 0.6 is 15.9 Å². The lowest BCUT2D eigenvalue weighted by atomic mass is 10.0. The summed E-state index contributed by atoms with van der Waals surface area (Å²) < 4.78 is 19.2. The third kappa shape index (κ3) is 2.74. The third-order valence-electron chi connectivity index (χ3n) is 2.83. The number of benzene rings is 1. The highest BCUT2D eigenvalue weighted by molar-refractivity contribution is 9.10. The molecule has 0 fully saturated rings. The molecule has 0 spiro atoms. The Morgan fingerprint density at radius 1 is 1.63 bits per heavy atom. The van der Waals surface area contributed by atoms with Crippen LogP contribution in [0.25, 0.3) is 10.9 Å². The smallest absolute Gasteiger partial charge is 0.322 e. The number of ether oxygens (including phenoxy) is 1. The number of esters is 1. The summed E-state index contributed by atoms with van der Waals surface area (Å²) in [6, 6.07) is 3.88. The molecular formula is C13H12BrFN2O2. The minimum absolute atomic E-state index is 0.0635. The number of fused-ring (bicyclic) bond motifs is 1. The molecule has 100 valence electrons. The fraction of sp³-hybridized carbons (Fsp3) is 0.231. The van der Waals surface area contributed by atoms with Gasteiger partial charge >= 0.3 is 5.97 Å². The van der Waals surface area contributed by atoms with Crippen LogP contribution in [0.2, 0.25) is 0 Å². The van der Waals surface area contributed by atoms with Crippen molar-refractivity contribution in [3.63, 3.8) is 0 Å². The lowest BCUT2D eigenvalue weighted by molar-refractivity contribution is -0.142. The van der Waals surface area contributed by atoms with Gasteiger partial charge in [-0.1, -0.05) is 6.07 Å². The monoisotopic (exact) mass is 326 g/mol. The van der Waals surface area contributed by atoms with E-state index in [1.54, 1.807) is 18.3 Å². The van der Waals surface area contributed by atoms with Gasteiger partial charge in [-0.2, -0.15) is 0 Å². The maximum atomic E-state index is 14.0. The van der Waals surface area contributed by atoms with E-state index in [0.717, 1.165) is 0 Å². The molecule has 4 nitrogen and oxygen atoms in total. The van der Waals surface area contributed by atoms with E-state index in [2.05, 4.69) is 25.7 Å². The Kier molecular flexibility index (Phi) is 4.11. The van der Waals surface area contributed by atoms with Crippen molar-refractivity contribution in [1.29, 1.82) is 0 Å². The molecule has 19 heavy (non-hydrogen) atoms. The second-order valence-corrected chi connectivity index (χ2v) is 4.91. The summed E-state index contributed by atoms with van der Waals surface area (Å²) in [4.78, 5) is 15.5. The third-order valence-corrected chi connectivity index (χ3v) is 3.43. The Hall–Kier alpha value is -1.53. The molecule has 1 aromatic carbocycles. The maximum Gasteiger partial charge on any atom is 0.322 e. The van der Waals surface area contributed by atoms with Crippen molar-refractivity contribution in [3.8, 4) is 0 Å². The van der Waals surface area contributed by atoms with Crippen LogP contribution in [-0.4, -0.2) is 24.1 Å². The Balaban J connectivity index is 2.51. The summed E-state index contributed by atoms with van der Waals surface area (Å²) >= 11 is 3.27. The van der Waals surface area contributed by atoms with Crippen LogP contribution < -0.4 is 5.73 Å². The van der Waals surface area contributed by atoms with E-state index in [1.807, 2.05) is 0 Å². The second kappa shape index (κ2) is 5.63. The zero-order valence-electron chi connectivity index (χ0n) is 10.2. The van der Waals surface area contributed by atoms with Crippen molar-refractivity contribution < 1.29 is 13.9 Å². The molecule has 6 heteroatoms. The molecule has 0 amide bonds. The molecule has 1 aromatic heterocycles. The van der Waals surface area contributed by atoms with Gasteiger partial charge in [-0.05, 0) is 33.6 Å². The summed E-state index contributed by atoms with van der Waals surface area (Å²) in [5, 5.41) is 0.633. The number of aromatic nitrogens is 1. The van der Waals surface area contributed by atoms with E-state index in [4.69, 9.17) is 5.73 Å². The Bertz CT molecular complexity index is 633. The summed E-state index contributed by atoms with van der Waals surface area (Å²) in [6.45, 7) is 0. The molecule has 1 atom stereocenters. The van der Waals surface area contributed by atoms with Gasteiger partial charge in [-0.25, -0.2) is 4.39 Å². The van der Waals surface area contributed by atoms with Gasteiger partial charge in [0, 0.05) is 22.5 Å². The molecule has 0 saturated carbocycles. The lowest BCUT2D eigenvalue weighted by Gasteiger charge is -2.13. The summed E-state index contributed by atoms with van der Waals surface area (Å²) in [5.41, 5.74) is 6.68. The Morgan fingerprint density at radius 3 is 3.05 bits per heavy atom. The molecular weight excluding hydrogens is 315 g/mol. The van der Waals surface area contributed by atoms with Gasteiger partial charge in [-0.15, -0.1) is 0 Å². The first-order valence-electron chi connectivity index (χ1n) is 5.59. The van der Waals surface area contributed by atoms with Crippen LogP contribution in [0.3, 0.4) is 0 Å². The highest BCUT2D eigenvalue weighted by atomic mass is 79.9. The predicted octanol–water partition coefficient (Wildman–Crippen LogP) is 2.18. The van der Waals surface area contributed by atoms with Crippen LogP contribution in [0.1, 0.15) is 5.56 Å².